The van der Waals surface area contributed by atoms with Gasteiger partial charge in [0.05, 0.1) is 5.69 Å². The van der Waals surface area contributed by atoms with E-state index in [0.717, 1.165) is 36.1 Å². The number of anilines is 1. The van der Waals surface area contributed by atoms with Gasteiger partial charge >= 0.3 is 5.97 Å². The van der Waals surface area contributed by atoms with E-state index in [1.807, 2.05) is 0 Å². The molecule has 2 fully saturated rings. The molecule has 0 radical (unpaired) electrons. The molecule has 1 aromatic rings. The molecule has 1 saturated heterocycles. The lowest BCUT2D eigenvalue weighted by Gasteiger charge is -2.44. The smallest absolute Gasteiger partial charge is 0.312 e. The van der Waals surface area contributed by atoms with Crippen LogP contribution in [0.15, 0.2) is 0 Å². The lowest BCUT2D eigenvalue weighted by atomic mass is 9.78. The number of thiazole rings is 1. The van der Waals surface area contributed by atoms with Gasteiger partial charge in [0.2, 0.25) is 0 Å². The Hall–Kier alpha value is -1.10. The molecule has 2 aliphatic carbocycles. The molecule has 0 bridgehead atoms. The van der Waals surface area contributed by atoms with Crippen LogP contribution in [0.3, 0.4) is 0 Å². The molecule has 0 spiro atoms. The van der Waals surface area contributed by atoms with Crippen LogP contribution in [0.2, 0.25) is 0 Å². The van der Waals surface area contributed by atoms with Gasteiger partial charge in [-0.1, -0.05) is 12.8 Å². The molecule has 5 heteroatoms. The highest BCUT2D eigenvalue weighted by molar-refractivity contribution is 7.15. The van der Waals surface area contributed by atoms with Gasteiger partial charge < -0.3 is 10.0 Å². The molecule has 0 aromatic carbocycles. The van der Waals surface area contributed by atoms with Gasteiger partial charge in [-0.25, -0.2) is 4.98 Å². The van der Waals surface area contributed by atoms with E-state index in [4.69, 9.17) is 4.98 Å². The van der Waals surface area contributed by atoms with Crippen LogP contribution in [0.5, 0.6) is 0 Å². The Kier molecular flexibility index (Phi) is 3.40. The first kappa shape index (κ1) is 13.6. The highest BCUT2D eigenvalue weighted by Crippen LogP contribution is 2.43. The summed E-state index contributed by atoms with van der Waals surface area (Å²) in [5.41, 5.74) is 0.862. The number of hydrogen-bond donors (Lipinski definition) is 1. The molecule has 1 saturated carbocycles. The summed E-state index contributed by atoms with van der Waals surface area (Å²) in [6, 6.07) is 0.655. The van der Waals surface area contributed by atoms with Gasteiger partial charge in [0, 0.05) is 17.5 Å². The summed E-state index contributed by atoms with van der Waals surface area (Å²) in [4.78, 5) is 19.8. The van der Waals surface area contributed by atoms with E-state index in [1.54, 1.807) is 11.3 Å². The zero-order valence-electron chi connectivity index (χ0n) is 12.3. The molecule has 1 N–H and O–H groups in total. The number of piperidine rings is 1. The maximum Gasteiger partial charge on any atom is 0.312 e. The zero-order valence-corrected chi connectivity index (χ0v) is 13.1. The summed E-state index contributed by atoms with van der Waals surface area (Å²) in [7, 11) is 0. The van der Waals surface area contributed by atoms with Crippen molar-refractivity contribution in [2.75, 3.05) is 11.4 Å². The normalized spacial score (nSPS) is 31.8. The Balaban J connectivity index is 1.62. The molecular weight excluding hydrogens is 284 g/mol. The Morgan fingerprint density at radius 2 is 2.00 bits per heavy atom. The molecular formula is C16H22N2O2S. The highest BCUT2D eigenvalue weighted by atomic mass is 32.1. The molecule has 1 aromatic heterocycles. The van der Waals surface area contributed by atoms with Crippen molar-refractivity contribution in [1.29, 1.82) is 0 Å². The van der Waals surface area contributed by atoms with Crippen LogP contribution in [-0.4, -0.2) is 28.6 Å². The minimum Gasteiger partial charge on any atom is -0.481 e. The first-order valence-corrected chi connectivity index (χ1v) is 9.04. The molecule has 0 amide bonds. The lowest BCUT2D eigenvalue weighted by Crippen LogP contribution is -2.46. The molecule has 3 aliphatic rings. The van der Waals surface area contributed by atoms with E-state index < -0.39 is 5.97 Å². The van der Waals surface area contributed by atoms with Crippen molar-refractivity contribution in [3.8, 4) is 0 Å². The molecule has 2 heterocycles. The fourth-order valence-electron chi connectivity index (χ4n) is 4.44. The van der Waals surface area contributed by atoms with Gasteiger partial charge in [0.15, 0.2) is 5.13 Å². The average molecular weight is 306 g/mol. The Bertz CT molecular complexity index is 554. The van der Waals surface area contributed by atoms with Gasteiger partial charge in [-0.15, -0.1) is 11.3 Å². The first-order chi connectivity index (χ1) is 10.2. The minimum absolute atomic E-state index is 0.364. The van der Waals surface area contributed by atoms with Gasteiger partial charge in [-0.05, 0) is 44.4 Å². The third-order valence-corrected chi connectivity index (χ3v) is 6.66. The van der Waals surface area contributed by atoms with Crippen molar-refractivity contribution in [1.82, 2.24) is 4.98 Å². The topological polar surface area (TPSA) is 53.4 Å². The summed E-state index contributed by atoms with van der Waals surface area (Å²) < 4.78 is 0. The van der Waals surface area contributed by atoms with Crippen LogP contribution in [0, 0.1) is 5.92 Å². The van der Waals surface area contributed by atoms with E-state index in [2.05, 4.69) is 4.90 Å². The fourth-order valence-corrected chi connectivity index (χ4v) is 5.66. The van der Waals surface area contributed by atoms with E-state index in [0.29, 0.717) is 6.04 Å². The predicted molar refractivity (Wildman–Crippen MR) is 83.1 cm³/mol. The van der Waals surface area contributed by atoms with Crippen molar-refractivity contribution >= 4 is 22.4 Å². The monoisotopic (exact) mass is 306 g/mol. The van der Waals surface area contributed by atoms with Crippen molar-refractivity contribution in [3.05, 3.63) is 10.6 Å². The Morgan fingerprint density at radius 3 is 2.86 bits per heavy atom. The largest absolute Gasteiger partial charge is 0.481 e. The fraction of sp³-hybridized carbons (Fsp3) is 0.750. The van der Waals surface area contributed by atoms with Crippen LogP contribution in [0.25, 0.3) is 0 Å². The summed E-state index contributed by atoms with van der Waals surface area (Å²) >= 11 is 1.76. The third-order valence-electron chi connectivity index (χ3n) is 5.49. The maximum atomic E-state index is 11.3. The van der Waals surface area contributed by atoms with Gasteiger partial charge in [0.25, 0.3) is 0 Å². The van der Waals surface area contributed by atoms with E-state index >= 15 is 0 Å². The average Bonchev–Trinajstić information content (AvgIpc) is 3.06. The van der Waals surface area contributed by atoms with E-state index in [1.165, 1.54) is 43.4 Å². The standard InChI is InChI=1S/C16H22N2O2S/c19-15(20)11-7-8-13-14(11)17-16(21-13)18-9-3-5-10-4-1-2-6-12(10)18/h10-12H,1-9H2,(H,19,20)/t10-,11?,12-/m1/s1. The summed E-state index contributed by atoms with van der Waals surface area (Å²) in [6.45, 7) is 1.10. The number of nitrogens with zero attached hydrogens (tertiary/aromatic N) is 2. The van der Waals surface area contributed by atoms with Crippen molar-refractivity contribution < 1.29 is 9.90 Å². The lowest BCUT2D eigenvalue weighted by molar-refractivity contribution is -0.138. The SMILES string of the molecule is O=C(O)C1CCc2sc(N3CCC[C@H]4CCCC[C@H]43)nc21. The van der Waals surface area contributed by atoms with Crippen molar-refractivity contribution in [2.45, 2.75) is 63.3 Å². The van der Waals surface area contributed by atoms with Gasteiger partial charge in [-0.2, -0.15) is 0 Å². The number of carboxylic acids is 1. The molecule has 4 rings (SSSR count). The number of aryl methyl sites for hydroxylation is 1. The molecule has 21 heavy (non-hydrogen) atoms. The van der Waals surface area contributed by atoms with Crippen LogP contribution in [0.4, 0.5) is 5.13 Å². The van der Waals surface area contributed by atoms with Crippen LogP contribution < -0.4 is 4.90 Å². The van der Waals surface area contributed by atoms with E-state index in [-0.39, 0.29) is 5.92 Å². The van der Waals surface area contributed by atoms with Crippen LogP contribution >= 0.6 is 11.3 Å². The third kappa shape index (κ3) is 2.26. The molecule has 114 valence electrons. The minimum atomic E-state index is -0.709. The van der Waals surface area contributed by atoms with Gasteiger partial charge in [-0.3, -0.25) is 4.79 Å². The summed E-state index contributed by atoms with van der Waals surface area (Å²) in [5.74, 6) is -0.238. The summed E-state index contributed by atoms with van der Waals surface area (Å²) in [5, 5.41) is 10.4. The second-order valence-electron chi connectivity index (χ2n) is 6.68. The zero-order chi connectivity index (χ0) is 14.4. The van der Waals surface area contributed by atoms with E-state index in [9.17, 15) is 9.90 Å². The van der Waals surface area contributed by atoms with Gasteiger partial charge in [0.1, 0.15) is 5.92 Å². The highest BCUT2D eigenvalue weighted by Gasteiger charge is 2.37. The number of aliphatic carboxylic acids is 1. The second kappa shape index (κ2) is 5.27. The number of carbonyl (C=O) groups is 1. The molecule has 3 atom stereocenters. The number of fused-ring (bicyclic) bond motifs is 2. The second-order valence-corrected chi connectivity index (χ2v) is 7.74. The number of hydrogen-bond acceptors (Lipinski definition) is 4. The Morgan fingerprint density at radius 1 is 1.19 bits per heavy atom. The molecule has 1 unspecified atom stereocenters. The number of rotatable bonds is 2. The predicted octanol–water partition coefficient (Wildman–Crippen LogP) is 3.42. The number of carboxylic acid groups (broad SMARTS) is 1. The van der Waals surface area contributed by atoms with Crippen molar-refractivity contribution in [2.24, 2.45) is 5.92 Å². The van der Waals surface area contributed by atoms with Crippen LogP contribution in [-0.2, 0) is 11.2 Å². The summed E-state index contributed by atoms with van der Waals surface area (Å²) in [6.07, 6.45) is 9.62. The number of aromatic nitrogens is 1. The van der Waals surface area contributed by atoms with Crippen molar-refractivity contribution in [3.63, 3.8) is 0 Å². The Labute approximate surface area is 129 Å². The molecule has 1 aliphatic heterocycles. The van der Waals surface area contributed by atoms with Crippen LogP contribution in [0.1, 0.15) is 61.4 Å². The maximum absolute atomic E-state index is 11.3. The first-order valence-electron chi connectivity index (χ1n) is 8.23. The quantitative estimate of drug-likeness (QED) is 0.909. The molecule has 4 nitrogen and oxygen atoms in total.